The first kappa shape index (κ1) is 15.8. The van der Waals surface area contributed by atoms with E-state index >= 15 is 0 Å². The summed E-state index contributed by atoms with van der Waals surface area (Å²) >= 11 is 7.48. The fourth-order valence-corrected chi connectivity index (χ4v) is 2.86. The molecule has 21 heavy (non-hydrogen) atoms. The van der Waals surface area contributed by atoms with Gasteiger partial charge in [-0.25, -0.2) is 4.98 Å². The third-order valence-corrected chi connectivity index (χ3v) is 4.38. The maximum atomic E-state index is 11.1. The fraction of sp³-hybridized carbons (Fsp3) is 0.333. The average Bonchev–Trinajstić information content (AvgIpc) is 2.87. The number of rotatable bonds is 6. The normalized spacial score (nSPS) is 10.9. The van der Waals surface area contributed by atoms with E-state index in [-0.39, 0.29) is 6.54 Å². The lowest BCUT2D eigenvalue weighted by Gasteiger charge is -2.22. The molecule has 0 saturated heterocycles. The monoisotopic (exact) mass is 324 g/mol. The molecule has 0 saturated carbocycles. The van der Waals surface area contributed by atoms with E-state index in [4.69, 9.17) is 16.7 Å². The van der Waals surface area contributed by atoms with E-state index in [2.05, 4.69) is 18.8 Å². The van der Waals surface area contributed by atoms with Gasteiger partial charge >= 0.3 is 5.97 Å². The molecule has 0 aliphatic rings. The molecule has 112 valence electrons. The van der Waals surface area contributed by atoms with E-state index in [1.807, 2.05) is 17.5 Å². The third-order valence-electron chi connectivity index (χ3n) is 2.93. The van der Waals surface area contributed by atoms with E-state index < -0.39 is 5.97 Å². The molecule has 0 aliphatic carbocycles. The Bertz CT molecular complexity index is 610. The molecule has 1 N–H and O–H groups in total. The Morgan fingerprint density at radius 3 is 2.57 bits per heavy atom. The molecule has 0 fully saturated rings. The zero-order valence-electron chi connectivity index (χ0n) is 11.9. The van der Waals surface area contributed by atoms with Gasteiger partial charge in [0.2, 0.25) is 0 Å². The highest BCUT2D eigenvalue weighted by atomic mass is 35.5. The van der Waals surface area contributed by atoms with Gasteiger partial charge in [-0.2, -0.15) is 0 Å². The van der Waals surface area contributed by atoms with Crippen LogP contribution in [-0.2, 0) is 11.3 Å². The predicted molar refractivity (Wildman–Crippen MR) is 86.3 cm³/mol. The van der Waals surface area contributed by atoms with Gasteiger partial charge in [-0.15, -0.1) is 11.3 Å². The van der Waals surface area contributed by atoms with Crippen molar-refractivity contribution in [2.24, 2.45) is 0 Å². The molecule has 2 aromatic rings. The first-order valence-corrected chi connectivity index (χ1v) is 7.88. The van der Waals surface area contributed by atoms with Crippen LogP contribution in [0.4, 0.5) is 5.69 Å². The molecule has 1 aromatic heterocycles. The summed E-state index contributed by atoms with van der Waals surface area (Å²) in [4.78, 5) is 17.4. The number of carbonyl (C=O) groups is 1. The van der Waals surface area contributed by atoms with Crippen LogP contribution in [-0.4, -0.2) is 22.6 Å². The number of nitrogens with zero attached hydrogens (tertiary/aromatic N) is 2. The summed E-state index contributed by atoms with van der Waals surface area (Å²) in [6, 6.07) is 7.15. The van der Waals surface area contributed by atoms with Gasteiger partial charge in [0.05, 0.1) is 17.2 Å². The second-order valence-corrected chi connectivity index (χ2v) is 6.38. The van der Waals surface area contributed by atoms with Gasteiger partial charge in [0.1, 0.15) is 6.54 Å². The van der Waals surface area contributed by atoms with Crippen LogP contribution in [0.15, 0.2) is 29.6 Å². The minimum absolute atomic E-state index is 0.0732. The molecule has 1 heterocycles. The standard InChI is InChI=1S/C15H17ClN2O2S/c1-10(2)15-17-12(9-21-15)7-18(8-14(19)20)13-5-3-11(16)4-6-13/h3-6,9-10H,7-8H2,1-2H3,(H,19,20). The molecular weight excluding hydrogens is 308 g/mol. The summed E-state index contributed by atoms with van der Waals surface area (Å²) in [7, 11) is 0. The third kappa shape index (κ3) is 4.44. The molecule has 0 unspecified atom stereocenters. The Morgan fingerprint density at radius 1 is 1.38 bits per heavy atom. The van der Waals surface area contributed by atoms with Gasteiger partial charge in [-0.1, -0.05) is 25.4 Å². The topological polar surface area (TPSA) is 53.4 Å². The second kappa shape index (κ2) is 6.91. The Balaban J connectivity index is 2.19. The van der Waals surface area contributed by atoms with Crippen LogP contribution in [0.25, 0.3) is 0 Å². The first-order valence-electron chi connectivity index (χ1n) is 6.62. The number of aromatic nitrogens is 1. The smallest absolute Gasteiger partial charge is 0.323 e. The van der Waals surface area contributed by atoms with Gasteiger partial charge in [0.15, 0.2) is 0 Å². The van der Waals surface area contributed by atoms with Crippen molar-refractivity contribution < 1.29 is 9.90 Å². The van der Waals surface area contributed by atoms with E-state index in [1.54, 1.807) is 28.4 Å². The van der Waals surface area contributed by atoms with Crippen LogP contribution in [0.1, 0.15) is 30.5 Å². The summed E-state index contributed by atoms with van der Waals surface area (Å²) in [5.41, 5.74) is 1.71. The number of carboxylic acids is 1. The van der Waals surface area contributed by atoms with E-state index in [9.17, 15) is 4.79 Å². The lowest BCUT2D eigenvalue weighted by molar-refractivity contribution is -0.135. The molecule has 6 heteroatoms. The van der Waals surface area contributed by atoms with Crippen molar-refractivity contribution in [1.29, 1.82) is 0 Å². The van der Waals surface area contributed by atoms with Gasteiger partial charge < -0.3 is 10.0 Å². The first-order chi connectivity index (χ1) is 9.95. The Kier molecular flexibility index (Phi) is 5.20. The molecule has 4 nitrogen and oxygen atoms in total. The van der Waals surface area contributed by atoms with Gasteiger partial charge in [0, 0.05) is 22.0 Å². The van der Waals surface area contributed by atoms with Crippen LogP contribution >= 0.6 is 22.9 Å². The highest BCUT2D eigenvalue weighted by Gasteiger charge is 2.14. The van der Waals surface area contributed by atoms with E-state index in [1.165, 1.54) is 0 Å². The van der Waals surface area contributed by atoms with Crippen LogP contribution in [0, 0.1) is 0 Å². The minimum Gasteiger partial charge on any atom is -0.480 e. The lowest BCUT2D eigenvalue weighted by Crippen LogP contribution is -2.29. The van der Waals surface area contributed by atoms with E-state index in [0.29, 0.717) is 17.5 Å². The highest BCUT2D eigenvalue weighted by molar-refractivity contribution is 7.09. The van der Waals surface area contributed by atoms with Crippen molar-refractivity contribution in [3.63, 3.8) is 0 Å². The molecular formula is C15H17ClN2O2S. The van der Waals surface area contributed by atoms with Crippen LogP contribution < -0.4 is 4.90 Å². The maximum Gasteiger partial charge on any atom is 0.323 e. The largest absolute Gasteiger partial charge is 0.480 e. The predicted octanol–water partition coefficient (Wildman–Crippen LogP) is 4.01. The summed E-state index contributed by atoms with van der Waals surface area (Å²) in [5, 5.41) is 12.8. The van der Waals surface area contributed by atoms with Gasteiger partial charge in [-0.3, -0.25) is 4.79 Å². The van der Waals surface area contributed by atoms with Crippen molar-refractivity contribution in [3.05, 3.63) is 45.4 Å². The quantitative estimate of drug-likeness (QED) is 0.872. The fourth-order valence-electron chi connectivity index (χ4n) is 1.91. The SMILES string of the molecule is CC(C)c1nc(CN(CC(=O)O)c2ccc(Cl)cc2)cs1. The number of anilines is 1. The number of carboxylic acid groups (broad SMARTS) is 1. The number of hydrogen-bond donors (Lipinski definition) is 1. The van der Waals surface area contributed by atoms with Crippen LogP contribution in [0.5, 0.6) is 0 Å². The Morgan fingerprint density at radius 2 is 2.05 bits per heavy atom. The van der Waals surface area contributed by atoms with Crippen LogP contribution in [0.2, 0.25) is 5.02 Å². The molecule has 0 aliphatic heterocycles. The van der Waals surface area contributed by atoms with E-state index in [0.717, 1.165) is 16.4 Å². The highest BCUT2D eigenvalue weighted by Crippen LogP contribution is 2.23. The Hall–Kier alpha value is -1.59. The zero-order chi connectivity index (χ0) is 15.4. The van der Waals surface area contributed by atoms with Gasteiger partial charge in [-0.05, 0) is 24.3 Å². The molecule has 0 radical (unpaired) electrons. The number of benzene rings is 1. The van der Waals surface area contributed by atoms with Crippen molar-refractivity contribution in [1.82, 2.24) is 4.98 Å². The molecule has 2 rings (SSSR count). The van der Waals surface area contributed by atoms with Gasteiger partial charge in [0.25, 0.3) is 0 Å². The number of halogens is 1. The Labute approximate surface area is 133 Å². The molecule has 0 atom stereocenters. The molecule has 0 spiro atoms. The average molecular weight is 325 g/mol. The summed E-state index contributed by atoms with van der Waals surface area (Å²) in [6.45, 7) is 4.58. The van der Waals surface area contributed by atoms with Crippen molar-refractivity contribution >= 4 is 34.6 Å². The van der Waals surface area contributed by atoms with Crippen molar-refractivity contribution in [3.8, 4) is 0 Å². The number of thiazole rings is 1. The zero-order valence-corrected chi connectivity index (χ0v) is 13.5. The summed E-state index contributed by atoms with van der Waals surface area (Å²) < 4.78 is 0. The van der Waals surface area contributed by atoms with Crippen molar-refractivity contribution in [2.75, 3.05) is 11.4 Å². The maximum absolute atomic E-state index is 11.1. The molecule has 1 aromatic carbocycles. The number of hydrogen-bond acceptors (Lipinski definition) is 4. The van der Waals surface area contributed by atoms with Crippen LogP contribution in [0.3, 0.4) is 0 Å². The summed E-state index contributed by atoms with van der Waals surface area (Å²) in [6.07, 6.45) is 0. The minimum atomic E-state index is -0.871. The number of aliphatic carboxylic acids is 1. The molecule has 0 bridgehead atoms. The molecule has 0 amide bonds. The lowest BCUT2D eigenvalue weighted by atomic mass is 10.2. The summed E-state index contributed by atoms with van der Waals surface area (Å²) in [5.74, 6) is -0.489. The van der Waals surface area contributed by atoms with Crippen molar-refractivity contribution in [2.45, 2.75) is 26.3 Å². The second-order valence-electron chi connectivity index (χ2n) is 5.06.